The summed E-state index contributed by atoms with van der Waals surface area (Å²) in [5.41, 5.74) is 4.59. The molecule has 0 aliphatic carbocycles. The average Bonchev–Trinajstić information content (AvgIpc) is 2.73. The van der Waals surface area contributed by atoms with Crippen molar-refractivity contribution in [1.29, 1.82) is 0 Å². The fourth-order valence-electron chi connectivity index (χ4n) is 2.19. The van der Waals surface area contributed by atoms with Crippen LogP contribution in [0.1, 0.15) is 23.7 Å². The second-order valence-electron chi connectivity index (χ2n) is 5.06. The molecular formula is C13H15FN2O3. The molecule has 0 saturated carbocycles. The predicted molar refractivity (Wildman–Crippen MR) is 65.9 cm³/mol. The number of nitrogens with two attached hydrogens (primary N) is 1. The normalized spacial score (nSPS) is 22.5. The number of phenols is 1. The van der Waals surface area contributed by atoms with E-state index in [1.165, 1.54) is 11.0 Å². The maximum Gasteiger partial charge on any atom is 0.257 e. The summed E-state index contributed by atoms with van der Waals surface area (Å²) in [7, 11) is 0. The quantitative estimate of drug-likeness (QED) is 0.833. The Kier molecular flexibility index (Phi) is 3.18. The van der Waals surface area contributed by atoms with Crippen LogP contribution in [-0.2, 0) is 4.79 Å². The van der Waals surface area contributed by atoms with Gasteiger partial charge in [0.25, 0.3) is 5.91 Å². The third-order valence-corrected chi connectivity index (χ3v) is 3.55. The smallest absolute Gasteiger partial charge is 0.257 e. The molecule has 0 spiro atoms. The number of likely N-dealkylation sites (tertiary alicyclic amines) is 1. The number of carbonyl (C=O) groups is 2. The van der Waals surface area contributed by atoms with Gasteiger partial charge < -0.3 is 15.7 Å². The van der Waals surface area contributed by atoms with E-state index in [1.54, 1.807) is 6.92 Å². The maximum atomic E-state index is 12.9. The second kappa shape index (κ2) is 4.53. The van der Waals surface area contributed by atoms with Gasteiger partial charge in [-0.15, -0.1) is 0 Å². The van der Waals surface area contributed by atoms with Crippen molar-refractivity contribution in [2.24, 2.45) is 11.1 Å². The topological polar surface area (TPSA) is 83.6 Å². The van der Waals surface area contributed by atoms with Crippen LogP contribution in [0.5, 0.6) is 5.75 Å². The van der Waals surface area contributed by atoms with Gasteiger partial charge in [0.2, 0.25) is 5.91 Å². The summed E-state index contributed by atoms with van der Waals surface area (Å²) in [5.74, 6) is -1.90. The zero-order valence-electron chi connectivity index (χ0n) is 10.5. The van der Waals surface area contributed by atoms with Gasteiger partial charge in [0, 0.05) is 19.2 Å². The summed E-state index contributed by atoms with van der Waals surface area (Å²) in [6, 6.07) is 3.22. The van der Waals surface area contributed by atoms with E-state index in [2.05, 4.69) is 0 Å². The van der Waals surface area contributed by atoms with Gasteiger partial charge in [-0.05, 0) is 25.5 Å². The van der Waals surface area contributed by atoms with Crippen LogP contribution < -0.4 is 5.73 Å². The molecule has 6 heteroatoms. The molecule has 1 saturated heterocycles. The van der Waals surface area contributed by atoms with Gasteiger partial charge >= 0.3 is 0 Å². The number of primary amides is 1. The minimum Gasteiger partial charge on any atom is -0.507 e. The first-order chi connectivity index (χ1) is 8.83. The Labute approximate surface area is 109 Å². The summed E-state index contributed by atoms with van der Waals surface area (Å²) in [4.78, 5) is 24.9. The van der Waals surface area contributed by atoms with E-state index in [9.17, 15) is 19.1 Å². The molecule has 0 radical (unpaired) electrons. The van der Waals surface area contributed by atoms with Crippen LogP contribution in [0.4, 0.5) is 4.39 Å². The van der Waals surface area contributed by atoms with E-state index in [-0.39, 0.29) is 12.1 Å². The standard InChI is InChI=1S/C13H15FN2O3/c1-13(12(15)19)4-5-16(7-13)11(18)9-3-2-8(14)6-10(9)17/h2-3,6,17H,4-5,7H2,1H3,(H2,15,19). The number of halogens is 1. The Morgan fingerprint density at radius 3 is 2.68 bits per heavy atom. The van der Waals surface area contributed by atoms with Crippen molar-refractivity contribution in [3.05, 3.63) is 29.6 Å². The van der Waals surface area contributed by atoms with Crippen molar-refractivity contribution in [3.8, 4) is 5.75 Å². The molecule has 102 valence electrons. The molecule has 1 aromatic carbocycles. The summed E-state index contributed by atoms with van der Waals surface area (Å²) < 4.78 is 12.9. The Bertz CT molecular complexity index is 547. The number of phenolic OH excluding ortho intramolecular Hbond substituents is 1. The Balaban J connectivity index is 2.20. The average molecular weight is 266 g/mol. The zero-order chi connectivity index (χ0) is 14.2. The maximum absolute atomic E-state index is 12.9. The number of amides is 2. The molecule has 5 nitrogen and oxygen atoms in total. The summed E-state index contributed by atoms with van der Waals surface area (Å²) >= 11 is 0. The number of benzene rings is 1. The molecule has 1 aromatic rings. The first-order valence-electron chi connectivity index (χ1n) is 5.91. The first-order valence-corrected chi connectivity index (χ1v) is 5.91. The molecule has 1 heterocycles. The molecular weight excluding hydrogens is 251 g/mol. The van der Waals surface area contributed by atoms with E-state index < -0.39 is 28.8 Å². The van der Waals surface area contributed by atoms with Crippen LogP contribution in [-0.4, -0.2) is 34.9 Å². The second-order valence-corrected chi connectivity index (χ2v) is 5.06. The number of carbonyl (C=O) groups excluding carboxylic acids is 2. The number of aromatic hydroxyl groups is 1. The molecule has 0 bridgehead atoms. The number of nitrogens with zero attached hydrogens (tertiary/aromatic N) is 1. The molecule has 1 atom stereocenters. The minimum absolute atomic E-state index is 0.0233. The van der Waals surface area contributed by atoms with Crippen molar-refractivity contribution in [2.45, 2.75) is 13.3 Å². The fourth-order valence-corrected chi connectivity index (χ4v) is 2.19. The first kappa shape index (κ1) is 13.3. The van der Waals surface area contributed by atoms with E-state index in [0.29, 0.717) is 13.0 Å². The van der Waals surface area contributed by atoms with Gasteiger partial charge in [0.15, 0.2) is 0 Å². The van der Waals surface area contributed by atoms with Crippen LogP contribution in [0, 0.1) is 11.2 Å². The monoisotopic (exact) mass is 266 g/mol. The number of hydrogen-bond acceptors (Lipinski definition) is 3. The zero-order valence-corrected chi connectivity index (χ0v) is 10.5. The molecule has 3 N–H and O–H groups in total. The van der Waals surface area contributed by atoms with Crippen molar-refractivity contribution >= 4 is 11.8 Å². The molecule has 1 fully saturated rings. The van der Waals surface area contributed by atoms with Gasteiger partial charge in [-0.2, -0.15) is 0 Å². The lowest BCUT2D eigenvalue weighted by atomic mass is 9.89. The lowest BCUT2D eigenvalue weighted by molar-refractivity contribution is -0.126. The highest BCUT2D eigenvalue weighted by molar-refractivity contribution is 5.97. The lowest BCUT2D eigenvalue weighted by Crippen LogP contribution is -2.38. The van der Waals surface area contributed by atoms with Crippen molar-refractivity contribution in [1.82, 2.24) is 4.90 Å². The number of hydrogen-bond donors (Lipinski definition) is 2. The predicted octanol–water partition coefficient (Wildman–Crippen LogP) is 0.869. The Morgan fingerprint density at radius 1 is 1.47 bits per heavy atom. The summed E-state index contributed by atoms with van der Waals surface area (Å²) in [6.07, 6.45) is 0.482. The number of rotatable bonds is 2. The third-order valence-electron chi connectivity index (χ3n) is 3.55. The lowest BCUT2D eigenvalue weighted by Gasteiger charge is -2.21. The molecule has 1 aliphatic heterocycles. The molecule has 19 heavy (non-hydrogen) atoms. The SMILES string of the molecule is CC1(C(N)=O)CCN(C(=O)c2ccc(F)cc2O)C1. The van der Waals surface area contributed by atoms with Crippen LogP contribution in [0.25, 0.3) is 0 Å². The molecule has 2 amide bonds. The van der Waals surface area contributed by atoms with Crippen molar-refractivity contribution in [2.75, 3.05) is 13.1 Å². The molecule has 1 aliphatic rings. The van der Waals surface area contributed by atoms with Crippen LogP contribution in [0.15, 0.2) is 18.2 Å². The third kappa shape index (κ3) is 2.38. The van der Waals surface area contributed by atoms with Crippen molar-refractivity contribution < 1.29 is 19.1 Å². The Hall–Kier alpha value is -2.11. The molecule has 0 aromatic heterocycles. The van der Waals surface area contributed by atoms with Crippen LogP contribution in [0.2, 0.25) is 0 Å². The highest BCUT2D eigenvalue weighted by Gasteiger charge is 2.41. The van der Waals surface area contributed by atoms with Gasteiger partial charge in [-0.3, -0.25) is 9.59 Å². The largest absolute Gasteiger partial charge is 0.507 e. The van der Waals surface area contributed by atoms with Crippen LogP contribution in [0.3, 0.4) is 0 Å². The van der Waals surface area contributed by atoms with Crippen molar-refractivity contribution in [3.63, 3.8) is 0 Å². The fraction of sp³-hybridized carbons (Fsp3) is 0.385. The summed E-state index contributed by atoms with van der Waals surface area (Å²) in [6.45, 7) is 2.29. The highest BCUT2D eigenvalue weighted by atomic mass is 19.1. The highest BCUT2D eigenvalue weighted by Crippen LogP contribution is 2.31. The van der Waals surface area contributed by atoms with Gasteiger partial charge in [0.05, 0.1) is 11.0 Å². The summed E-state index contributed by atoms with van der Waals surface area (Å²) in [5, 5.41) is 9.58. The minimum atomic E-state index is -0.745. The van der Waals surface area contributed by atoms with Gasteiger partial charge in [0.1, 0.15) is 11.6 Å². The molecule has 1 unspecified atom stereocenters. The van der Waals surface area contributed by atoms with E-state index in [1.807, 2.05) is 0 Å². The Morgan fingerprint density at radius 2 is 2.16 bits per heavy atom. The van der Waals surface area contributed by atoms with Gasteiger partial charge in [-0.1, -0.05) is 0 Å². The van der Waals surface area contributed by atoms with E-state index in [4.69, 9.17) is 5.73 Å². The van der Waals surface area contributed by atoms with E-state index in [0.717, 1.165) is 12.1 Å². The van der Waals surface area contributed by atoms with Crippen LogP contribution >= 0.6 is 0 Å². The molecule has 2 rings (SSSR count). The van der Waals surface area contributed by atoms with E-state index >= 15 is 0 Å². The van der Waals surface area contributed by atoms with Gasteiger partial charge in [-0.25, -0.2) is 4.39 Å².